The Morgan fingerprint density at radius 2 is 1.70 bits per heavy atom. The van der Waals surface area contributed by atoms with Gasteiger partial charge in [-0.1, -0.05) is 18.5 Å². The van der Waals surface area contributed by atoms with E-state index in [1.807, 2.05) is 0 Å². The molecule has 0 aliphatic carbocycles. The van der Waals surface area contributed by atoms with Gasteiger partial charge in [0.05, 0.1) is 0 Å². The van der Waals surface area contributed by atoms with Crippen molar-refractivity contribution in [3.8, 4) is 0 Å². The molecule has 1 amide bonds. The summed E-state index contributed by atoms with van der Waals surface area (Å²) in [5.41, 5.74) is 0.600. The summed E-state index contributed by atoms with van der Waals surface area (Å²) in [5, 5.41) is 9.73. The van der Waals surface area contributed by atoms with Crippen LogP contribution in [0.3, 0.4) is 0 Å². The Bertz CT molecular complexity index is 445. The van der Waals surface area contributed by atoms with E-state index in [0.29, 0.717) is 23.7 Å². The van der Waals surface area contributed by atoms with Gasteiger partial charge in [0.2, 0.25) is 0 Å². The number of hydrogen-bond donors (Lipinski definition) is 3. The Hall–Kier alpha value is -1.75. The summed E-state index contributed by atoms with van der Waals surface area (Å²) in [5.74, 6) is 0.632. The lowest BCUT2D eigenvalue weighted by atomic mass is 10.2. The molecule has 0 unspecified atom stereocenters. The van der Waals surface area contributed by atoms with Crippen molar-refractivity contribution < 1.29 is 4.79 Å². The van der Waals surface area contributed by atoms with E-state index in [-0.39, 0.29) is 5.91 Å². The highest BCUT2D eigenvalue weighted by molar-refractivity contribution is 6.30. The van der Waals surface area contributed by atoms with Crippen molar-refractivity contribution in [3.63, 3.8) is 0 Å². The van der Waals surface area contributed by atoms with Crippen LogP contribution in [-0.4, -0.2) is 38.5 Å². The third-order valence-corrected chi connectivity index (χ3v) is 2.83. The Morgan fingerprint density at radius 3 is 2.30 bits per heavy atom. The lowest BCUT2D eigenvalue weighted by Gasteiger charge is -2.11. The Morgan fingerprint density at radius 1 is 1.10 bits per heavy atom. The number of benzene rings is 1. The van der Waals surface area contributed by atoms with Gasteiger partial charge in [-0.2, -0.15) is 0 Å². The number of nitrogens with zero attached hydrogens (tertiary/aromatic N) is 1. The Kier molecular flexibility index (Phi) is 7.50. The molecule has 0 saturated heterocycles. The van der Waals surface area contributed by atoms with Crippen molar-refractivity contribution in [3.05, 3.63) is 34.9 Å². The van der Waals surface area contributed by atoms with Gasteiger partial charge >= 0.3 is 0 Å². The van der Waals surface area contributed by atoms with Gasteiger partial charge in [-0.3, -0.25) is 9.79 Å². The zero-order valence-electron chi connectivity index (χ0n) is 11.9. The molecular weight excluding hydrogens is 276 g/mol. The second-order valence-corrected chi connectivity index (χ2v) is 4.62. The normalized spacial score (nSPS) is 11.1. The van der Waals surface area contributed by atoms with Gasteiger partial charge in [0, 0.05) is 37.3 Å². The molecule has 0 spiro atoms. The fourth-order valence-electron chi connectivity index (χ4n) is 1.52. The minimum atomic E-state index is -0.111. The van der Waals surface area contributed by atoms with Crippen LogP contribution in [0.15, 0.2) is 29.3 Å². The third kappa shape index (κ3) is 5.93. The molecule has 0 fully saturated rings. The number of carbonyl (C=O) groups is 1. The molecule has 5 nitrogen and oxygen atoms in total. The van der Waals surface area contributed by atoms with Crippen molar-refractivity contribution >= 4 is 23.5 Å². The van der Waals surface area contributed by atoms with E-state index in [2.05, 4.69) is 27.9 Å². The van der Waals surface area contributed by atoms with E-state index in [0.717, 1.165) is 18.9 Å². The molecule has 1 rings (SSSR count). The summed E-state index contributed by atoms with van der Waals surface area (Å²) in [6, 6.07) is 6.80. The number of hydrogen-bond acceptors (Lipinski definition) is 2. The molecule has 110 valence electrons. The molecule has 0 heterocycles. The molecule has 0 aliphatic heterocycles. The van der Waals surface area contributed by atoms with Crippen molar-refractivity contribution in [2.45, 2.75) is 13.3 Å². The fraction of sp³-hybridized carbons (Fsp3) is 0.429. The smallest absolute Gasteiger partial charge is 0.251 e. The van der Waals surface area contributed by atoms with Crippen LogP contribution >= 0.6 is 11.6 Å². The van der Waals surface area contributed by atoms with Gasteiger partial charge < -0.3 is 16.0 Å². The predicted molar refractivity (Wildman–Crippen MR) is 83.4 cm³/mol. The van der Waals surface area contributed by atoms with Crippen LogP contribution in [0, 0.1) is 0 Å². The molecule has 20 heavy (non-hydrogen) atoms. The van der Waals surface area contributed by atoms with Crippen molar-refractivity contribution in [1.29, 1.82) is 0 Å². The fourth-order valence-corrected chi connectivity index (χ4v) is 1.65. The number of rotatable bonds is 6. The van der Waals surface area contributed by atoms with E-state index in [1.165, 1.54) is 0 Å². The topological polar surface area (TPSA) is 65.5 Å². The van der Waals surface area contributed by atoms with E-state index in [4.69, 9.17) is 11.6 Å². The van der Waals surface area contributed by atoms with Crippen LogP contribution in [0.25, 0.3) is 0 Å². The first-order chi connectivity index (χ1) is 9.67. The summed E-state index contributed by atoms with van der Waals surface area (Å²) < 4.78 is 0. The maximum Gasteiger partial charge on any atom is 0.251 e. The van der Waals surface area contributed by atoms with E-state index in [1.54, 1.807) is 31.3 Å². The van der Waals surface area contributed by atoms with Gasteiger partial charge in [-0.05, 0) is 30.7 Å². The number of aliphatic imine (C=N–C) groups is 1. The second-order valence-electron chi connectivity index (χ2n) is 4.19. The molecule has 0 aromatic heterocycles. The van der Waals surface area contributed by atoms with Gasteiger partial charge in [-0.25, -0.2) is 0 Å². The quantitative estimate of drug-likeness (QED) is 0.425. The number of carbonyl (C=O) groups excluding carboxylic acids is 1. The summed E-state index contributed by atoms with van der Waals surface area (Å²) >= 11 is 5.77. The first kappa shape index (κ1) is 16.3. The first-order valence-electron chi connectivity index (χ1n) is 6.65. The Labute approximate surface area is 124 Å². The van der Waals surface area contributed by atoms with E-state index in [9.17, 15) is 4.79 Å². The highest BCUT2D eigenvalue weighted by Gasteiger charge is 2.04. The van der Waals surface area contributed by atoms with Gasteiger partial charge in [-0.15, -0.1) is 0 Å². The van der Waals surface area contributed by atoms with Gasteiger partial charge in [0.15, 0.2) is 5.96 Å². The SMILES string of the molecule is CCCNC(=NC)NCCNC(=O)c1ccc(Cl)cc1. The Balaban J connectivity index is 2.26. The molecular formula is C14H21ClN4O. The lowest BCUT2D eigenvalue weighted by Crippen LogP contribution is -2.41. The molecule has 0 atom stereocenters. The predicted octanol–water partition coefficient (Wildman–Crippen LogP) is 1.64. The first-order valence-corrected chi connectivity index (χ1v) is 7.03. The zero-order valence-corrected chi connectivity index (χ0v) is 12.6. The lowest BCUT2D eigenvalue weighted by molar-refractivity contribution is 0.0954. The molecule has 0 bridgehead atoms. The van der Waals surface area contributed by atoms with Crippen LogP contribution in [0.1, 0.15) is 23.7 Å². The minimum absolute atomic E-state index is 0.111. The summed E-state index contributed by atoms with van der Waals surface area (Å²) in [6.07, 6.45) is 1.04. The van der Waals surface area contributed by atoms with Crippen LogP contribution in [-0.2, 0) is 0 Å². The van der Waals surface area contributed by atoms with Crippen molar-refractivity contribution in [2.75, 3.05) is 26.7 Å². The summed E-state index contributed by atoms with van der Waals surface area (Å²) in [6.45, 7) is 4.10. The van der Waals surface area contributed by atoms with Crippen LogP contribution in [0.4, 0.5) is 0 Å². The van der Waals surface area contributed by atoms with Crippen molar-refractivity contribution in [2.24, 2.45) is 4.99 Å². The second kappa shape index (κ2) is 9.20. The van der Waals surface area contributed by atoms with Crippen molar-refractivity contribution in [1.82, 2.24) is 16.0 Å². The average molecular weight is 297 g/mol. The van der Waals surface area contributed by atoms with Crippen LogP contribution in [0.5, 0.6) is 0 Å². The largest absolute Gasteiger partial charge is 0.356 e. The highest BCUT2D eigenvalue weighted by atomic mass is 35.5. The number of halogens is 1. The molecule has 1 aromatic rings. The maximum absolute atomic E-state index is 11.8. The molecule has 3 N–H and O–H groups in total. The molecule has 0 aliphatic rings. The average Bonchev–Trinajstić information content (AvgIpc) is 2.47. The molecule has 6 heteroatoms. The number of amides is 1. The van der Waals surface area contributed by atoms with Crippen LogP contribution < -0.4 is 16.0 Å². The van der Waals surface area contributed by atoms with Gasteiger partial charge in [0.1, 0.15) is 0 Å². The zero-order chi connectivity index (χ0) is 14.8. The third-order valence-electron chi connectivity index (χ3n) is 2.58. The van der Waals surface area contributed by atoms with Gasteiger partial charge in [0.25, 0.3) is 5.91 Å². The maximum atomic E-state index is 11.8. The summed E-state index contributed by atoms with van der Waals surface area (Å²) in [7, 11) is 1.72. The molecule has 1 aromatic carbocycles. The van der Waals surface area contributed by atoms with E-state index < -0.39 is 0 Å². The molecule has 0 radical (unpaired) electrons. The molecule has 0 saturated carbocycles. The standard InChI is InChI=1S/C14H21ClN4O/c1-3-8-18-14(16-2)19-10-9-17-13(20)11-4-6-12(15)7-5-11/h4-7H,3,8-10H2,1-2H3,(H,17,20)(H2,16,18,19). The number of guanidine groups is 1. The number of nitrogens with one attached hydrogen (secondary N) is 3. The monoisotopic (exact) mass is 296 g/mol. The van der Waals surface area contributed by atoms with E-state index >= 15 is 0 Å². The summed E-state index contributed by atoms with van der Waals surface area (Å²) in [4.78, 5) is 15.9. The minimum Gasteiger partial charge on any atom is -0.356 e. The highest BCUT2D eigenvalue weighted by Crippen LogP contribution is 2.08. The van der Waals surface area contributed by atoms with Crippen LogP contribution in [0.2, 0.25) is 5.02 Å².